The Labute approximate surface area is 176 Å². The van der Waals surface area contributed by atoms with Gasteiger partial charge >= 0.3 is 0 Å². The zero-order valence-corrected chi connectivity index (χ0v) is 17.3. The van der Waals surface area contributed by atoms with Gasteiger partial charge in [0.15, 0.2) is 0 Å². The smallest absolute Gasteiger partial charge is 0.269 e. The molecule has 1 N–H and O–H groups in total. The van der Waals surface area contributed by atoms with Crippen molar-refractivity contribution in [1.29, 1.82) is 0 Å². The summed E-state index contributed by atoms with van der Waals surface area (Å²) in [5.74, 6) is -0.118. The molecule has 0 spiro atoms. The second-order valence-corrected chi connectivity index (χ2v) is 7.99. The number of nitro groups is 1. The lowest BCUT2D eigenvalue weighted by Crippen LogP contribution is -2.36. The van der Waals surface area contributed by atoms with Crippen molar-refractivity contribution < 1.29 is 9.72 Å². The maximum atomic E-state index is 13.1. The van der Waals surface area contributed by atoms with E-state index in [4.69, 9.17) is 0 Å². The van der Waals surface area contributed by atoms with Crippen LogP contribution in [0.3, 0.4) is 0 Å². The second kappa shape index (κ2) is 8.69. The van der Waals surface area contributed by atoms with Crippen LogP contribution in [-0.2, 0) is 11.2 Å². The predicted octanol–water partition coefficient (Wildman–Crippen LogP) is 5.17. The molecule has 1 saturated heterocycles. The van der Waals surface area contributed by atoms with Crippen molar-refractivity contribution in [1.82, 2.24) is 9.88 Å². The van der Waals surface area contributed by atoms with E-state index < -0.39 is 0 Å². The highest BCUT2D eigenvalue weighted by Gasteiger charge is 2.26. The van der Waals surface area contributed by atoms with Gasteiger partial charge in [-0.15, -0.1) is 0 Å². The minimum Gasteiger partial charge on any atom is -0.361 e. The van der Waals surface area contributed by atoms with Gasteiger partial charge in [0.25, 0.3) is 5.69 Å². The number of hydrogen-bond donors (Lipinski definition) is 1. The zero-order chi connectivity index (χ0) is 21.1. The molecule has 30 heavy (non-hydrogen) atoms. The van der Waals surface area contributed by atoms with Crippen molar-refractivity contribution in [2.24, 2.45) is 0 Å². The molecule has 0 radical (unpaired) electrons. The molecule has 1 aliphatic rings. The van der Waals surface area contributed by atoms with E-state index in [1.54, 1.807) is 12.1 Å². The number of aromatic nitrogens is 1. The number of nitrogens with zero attached hydrogens (tertiary/aromatic N) is 2. The number of nitro benzene ring substituents is 1. The fourth-order valence-corrected chi connectivity index (χ4v) is 4.53. The van der Waals surface area contributed by atoms with Crippen LogP contribution >= 0.6 is 0 Å². The molecular formula is C24H27N3O3. The molecule has 156 valence electrons. The fraction of sp³-hybridized carbons (Fsp3) is 0.375. The van der Waals surface area contributed by atoms with Gasteiger partial charge in [0.2, 0.25) is 5.91 Å². The Balaban J connectivity index is 1.77. The highest BCUT2D eigenvalue weighted by atomic mass is 16.6. The van der Waals surface area contributed by atoms with Crippen molar-refractivity contribution in [3.8, 4) is 0 Å². The number of para-hydroxylation sites is 1. The number of amides is 1. The van der Waals surface area contributed by atoms with Gasteiger partial charge in [-0.2, -0.15) is 0 Å². The summed E-state index contributed by atoms with van der Waals surface area (Å²) in [7, 11) is 0. The van der Waals surface area contributed by atoms with Crippen LogP contribution in [0.25, 0.3) is 10.9 Å². The van der Waals surface area contributed by atoms with Crippen molar-refractivity contribution in [2.45, 2.75) is 44.9 Å². The van der Waals surface area contributed by atoms with Crippen LogP contribution in [0.15, 0.2) is 48.7 Å². The van der Waals surface area contributed by atoms with Crippen LogP contribution in [0.5, 0.6) is 0 Å². The first-order valence-corrected chi connectivity index (χ1v) is 10.7. The molecule has 1 amide bonds. The number of likely N-dealkylation sites (tertiary alicyclic amines) is 1. The Morgan fingerprint density at radius 1 is 1.17 bits per heavy atom. The number of fused-ring (bicyclic) bond motifs is 1. The van der Waals surface area contributed by atoms with Crippen LogP contribution in [-0.4, -0.2) is 33.8 Å². The van der Waals surface area contributed by atoms with Gasteiger partial charge in [0, 0.05) is 54.7 Å². The number of non-ortho nitro benzene ring substituents is 1. The summed E-state index contributed by atoms with van der Waals surface area (Å²) in [6.07, 6.45) is 6.44. The van der Waals surface area contributed by atoms with Crippen LogP contribution in [0.4, 0.5) is 5.69 Å². The fourth-order valence-electron chi connectivity index (χ4n) is 4.53. The van der Waals surface area contributed by atoms with E-state index >= 15 is 0 Å². The summed E-state index contributed by atoms with van der Waals surface area (Å²) >= 11 is 0. The van der Waals surface area contributed by atoms with E-state index in [2.05, 4.69) is 24.0 Å². The number of carbonyl (C=O) groups is 1. The summed E-state index contributed by atoms with van der Waals surface area (Å²) in [4.78, 5) is 29.4. The number of rotatable bonds is 6. The third-order valence-corrected chi connectivity index (χ3v) is 6.16. The maximum Gasteiger partial charge on any atom is 0.269 e. The number of piperidine rings is 1. The summed E-state index contributed by atoms with van der Waals surface area (Å²) < 4.78 is 0. The first kappa shape index (κ1) is 20.1. The van der Waals surface area contributed by atoms with Gasteiger partial charge < -0.3 is 9.88 Å². The molecule has 0 aliphatic carbocycles. The molecule has 2 aromatic carbocycles. The van der Waals surface area contributed by atoms with Crippen molar-refractivity contribution in [2.75, 3.05) is 13.1 Å². The lowest BCUT2D eigenvalue weighted by Gasteiger charge is -2.28. The first-order chi connectivity index (χ1) is 14.6. The highest BCUT2D eigenvalue weighted by molar-refractivity contribution is 5.88. The standard InChI is InChI=1S/C24H27N3O3/c1-2-17-8-7-11-20-22(16-25-24(17)20)21(15-23(28)26-12-4-3-5-13-26)18-9-6-10-19(14-18)27(29)30/h6-11,14,16,21,25H,2-5,12-13,15H2,1H3. The quantitative estimate of drug-likeness (QED) is 0.454. The van der Waals surface area contributed by atoms with E-state index in [0.29, 0.717) is 6.42 Å². The van der Waals surface area contributed by atoms with Gasteiger partial charge in [-0.1, -0.05) is 37.3 Å². The van der Waals surface area contributed by atoms with Crippen LogP contribution in [0.1, 0.15) is 55.2 Å². The van der Waals surface area contributed by atoms with E-state index in [-0.39, 0.29) is 22.4 Å². The molecule has 1 aliphatic heterocycles. The van der Waals surface area contributed by atoms with Crippen LogP contribution in [0, 0.1) is 10.1 Å². The first-order valence-electron chi connectivity index (χ1n) is 10.7. The van der Waals surface area contributed by atoms with Crippen LogP contribution < -0.4 is 0 Å². The number of aromatic amines is 1. The molecular weight excluding hydrogens is 378 g/mol. The Bertz CT molecular complexity index is 1070. The molecule has 3 aromatic rings. The number of carbonyl (C=O) groups excluding carboxylic acids is 1. The minimum atomic E-state index is -0.378. The molecule has 1 fully saturated rings. The molecule has 1 atom stereocenters. The monoisotopic (exact) mass is 405 g/mol. The lowest BCUT2D eigenvalue weighted by molar-refractivity contribution is -0.384. The number of aryl methyl sites for hydroxylation is 1. The average molecular weight is 405 g/mol. The third-order valence-electron chi connectivity index (χ3n) is 6.16. The van der Waals surface area contributed by atoms with Crippen LogP contribution in [0.2, 0.25) is 0 Å². The highest BCUT2D eigenvalue weighted by Crippen LogP contribution is 2.36. The molecule has 4 rings (SSSR count). The topological polar surface area (TPSA) is 79.2 Å². The summed E-state index contributed by atoms with van der Waals surface area (Å²) in [6.45, 7) is 3.72. The van der Waals surface area contributed by atoms with E-state index in [1.165, 1.54) is 18.1 Å². The molecule has 1 aromatic heterocycles. The van der Waals surface area contributed by atoms with E-state index in [9.17, 15) is 14.9 Å². The Kier molecular flexibility index (Phi) is 5.84. The zero-order valence-electron chi connectivity index (χ0n) is 17.3. The summed E-state index contributed by atoms with van der Waals surface area (Å²) in [6, 6.07) is 12.9. The number of nitrogens with one attached hydrogen (secondary N) is 1. The van der Waals surface area contributed by atoms with Gasteiger partial charge in [-0.3, -0.25) is 14.9 Å². The molecule has 6 nitrogen and oxygen atoms in total. The SMILES string of the molecule is CCc1cccc2c(C(CC(=O)N3CCCCC3)c3cccc([N+](=O)[O-])c3)c[nH]c12. The molecule has 0 saturated carbocycles. The molecule has 1 unspecified atom stereocenters. The number of hydrogen-bond acceptors (Lipinski definition) is 3. The Morgan fingerprint density at radius 3 is 2.67 bits per heavy atom. The van der Waals surface area contributed by atoms with Crippen molar-refractivity contribution >= 4 is 22.5 Å². The maximum absolute atomic E-state index is 13.1. The van der Waals surface area contributed by atoms with Gasteiger partial charge in [0.05, 0.1) is 4.92 Å². The number of benzene rings is 2. The largest absolute Gasteiger partial charge is 0.361 e. The van der Waals surface area contributed by atoms with Gasteiger partial charge in [-0.05, 0) is 42.4 Å². The Morgan fingerprint density at radius 2 is 1.93 bits per heavy atom. The van der Waals surface area contributed by atoms with E-state index in [0.717, 1.165) is 54.4 Å². The molecule has 0 bridgehead atoms. The van der Waals surface area contributed by atoms with Crippen molar-refractivity contribution in [3.05, 3.63) is 75.5 Å². The molecule has 2 heterocycles. The average Bonchev–Trinajstić information content (AvgIpc) is 3.22. The van der Waals surface area contributed by atoms with E-state index in [1.807, 2.05) is 23.2 Å². The third kappa shape index (κ3) is 3.95. The van der Waals surface area contributed by atoms with Gasteiger partial charge in [-0.25, -0.2) is 0 Å². The predicted molar refractivity (Wildman–Crippen MR) is 118 cm³/mol. The van der Waals surface area contributed by atoms with Gasteiger partial charge in [0.1, 0.15) is 0 Å². The lowest BCUT2D eigenvalue weighted by atomic mass is 9.87. The minimum absolute atomic E-state index is 0.0528. The summed E-state index contributed by atoms with van der Waals surface area (Å²) in [5, 5.41) is 12.4. The molecule has 6 heteroatoms. The number of H-pyrrole nitrogens is 1. The summed E-state index contributed by atoms with van der Waals surface area (Å²) in [5.41, 5.74) is 4.18. The second-order valence-electron chi connectivity index (χ2n) is 7.99. The normalized spacial score (nSPS) is 15.3. The van der Waals surface area contributed by atoms with Crippen molar-refractivity contribution in [3.63, 3.8) is 0 Å². The Hall–Kier alpha value is -3.15.